The molecule has 7 nitrogen and oxygen atoms in total. The van der Waals surface area contributed by atoms with E-state index in [-0.39, 0.29) is 23.6 Å². The van der Waals surface area contributed by atoms with Crippen LogP contribution in [0, 0.1) is 5.92 Å². The van der Waals surface area contributed by atoms with Gasteiger partial charge in [-0.1, -0.05) is 20.8 Å². The van der Waals surface area contributed by atoms with Crippen molar-refractivity contribution in [2.45, 2.75) is 58.8 Å². The van der Waals surface area contributed by atoms with E-state index in [0.717, 1.165) is 37.8 Å². The van der Waals surface area contributed by atoms with Crippen LogP contribution in [0.3, 0.4) is 0 Å². The summed E-state index contributed by atoms with van der Waals surface area (Å²) in [5.41, 5.74) is 2.51. The number of phenols is 1. The van der Waals surface area contributed by atoms with Crippen LogP contribution in [0.5, 0.6) is 5.75 Å². The molecular formula is C22H30N4O3. The predicted molar refractivity (Wildman–Crippen MR) is 113 cm³/mol. The molecule has 0 spiro atoms. The van der Waals surface area contributed by atoms with E-state index in [4.69, 9.17) is 0 Å². The van der Waals surface area contributed by atoms with Gasteiger partial charge in [-0.15, -0.1) is 0 Å². The second-order valence-electron chi connectivity index (χ2n) is 7.61. The third-order valence-corrected chi connectivity index (χ3v) is 5.35. The lowest BCUT2D eigenvalue weighted by Gasteiger charge is -2.13. The third-order valence-electron chi connectivity index (χ3n) is 5.35. The average Bonchev–Trinajstić information content (AvgIpc) is 3.46. The molecule has 29 heavy (non-hydrogen) atoms. The van der Waals surface area contributed by atoms with Gasteiger partial charge in [-0.25, -0.2) is 4.79 Å². The maximum atomic E-state index is 12.5. The minimum atomic E-state index is -0.242. The Bertz CT molecular complexity index is 882. The minimum absolute atomic E-state index is 0.0216. The van der Waals surface area contributed by atoms with Gasteiger partial charge in [0.15, 0.2) is 0 Å². The van der Waals surface area contributed by atoms with Gasteiger partial charge in [-0.05, 0) is 50.3 Å². The highest BCUT2D eigenvalue weighted by molar-refractivity contribution is 5.93. The normalized spacial score (nSPS) is 13.5. The van der Waals surface area contributed by atoms with Crippen molar-refractivity contribution in [3.05, 3.63) is 30.0 Å². The van der Waals surface area contributed by atoms with Crippen molar-refractivity contribution in [3.63, 3.8) is 0 Å². The van der Waals surface area contributed by atoms with Gasteiger partial charge in [-0.3, -0.25) is 4.79 Å². The summed E-state index contributed by atoms with van der Waals surface area (Å²) in [5, 5.41) is 20.7. The molecule has 1 aliphatic rings. The number of benzene rings is 1. The van der Waals surface area contributed by atoms with Crippen LogP contribution in [0.2, 0.25) is 0 Å². The highest BCUT2D eigenvalue weighted by Gasteiger charge is 2.30. The zero-order valence-corrected chi connectivity index (χ0v) is 17.4. The van der Waals surface area contributed by atoms with Crippen LogP contribution in [-0.4, -0.2) is 33.4 Å². The summed E-state index contributed by atoms with van der Waals surface area (Å²) >= 11 is 0. The van der Waals surface area contributed by atoms with E-state index >= 15 is 0 Å². The Hall–Kier alpha value is -2.83. The molecule has 1 heterocycles. The number of amides is 2. The van der Waals surface area contributed by atoms with Gasteiger partial charge in [0.2, 0.25) is 5.91 Å². The zero-order valence-electron chi connectivity index (χ0n) is 17.4. The maximum absolute atomic E-state index is 12.5. The lowest BCUT2D eigenvalue weighted by Crippen LogP contribution is -2.31. The van der Waals surface area contributed by atoms with Crippen molar-refractivity contribution in [2.75, 3.05) is 11.9 Å². The van der Waals surface area contributed by atoms with Crippen LogP contribution in [-0.2, 0) is 4.79 Å². The summed E-state index contributed by atoms with van der Waals surface area (Å²) in [6.45, 7) is 6.56. The quantitative estimate of drug-likeness (QED) is 0.611. The fourth-order valence-corrected chi connectivity index (χ4v) is 3.40. The molecule has 1 saturated carbocycles. The smallest absolute Gasteiger partial charge is 0.342 e. The zero-order chi connectivity index (χ0) is 21.0. The minimum Gasteiger partial charge on any atom is -0.507 e. The molecule has 3 rings (SSSR count). The van der Waals surface area contributed by atoms with Crippen molar-refractivity contribution in [1.29, 1.82) is 0 Å². The van der Waals surface area contributed by atoms with Crippen molar-refractivity contribution in [1.82, 2.24) is 15.1 Å². The monoisotopic (exact) mass is 398 g/mol. The summed E-state index contributed by atoms with van der Waals surface area (Å²) in [6, 6.07) is 6.64. The number of anilines is 1. The second-order valence-corrected chi connectivity index (χ2v) is 7.61. The van der Waals surface area contributed by atoms with Gasteiger partial charge in [0, 0.05) is 35.7 Å². The van der Waals surface area contributed by atoms with Crippen LogP contribution in [0.4, 0.5) is 10.5 Å². The standard InChI is InChI=1S/C22H30N4O3/c1-4-11-23-22(29)26-19(15-7-8-15)13-18(25-26)17-10-9-16(12-20(17)27)24-21(28)14(5-2)6-3/h9-10,12-15,27H,4-8,11H2,1-3H3,(H,23,29)(H,24,28). The Morgan fingerprint density at radius 3 is 2.52 bits per heavy atom. The lowest BCUT2D eigenvalue weighted by molar-refractivity contribution is -0.120. The Labute approximate surface area is 171 Å². The molecule has 1 aliphatic carbocycles. The van der Waals surface area contributed by atoms with Crippen molar-refractivity contribution in [3.8, 4) is 17.0 Å². The molecule has 0 bridgehead atoms. The highest BCUT2D eigenvalue weighted by atomic mass is 16.3. The summed E-state index contributed by atoms with van der Waals surface area (Å²) in [4.78, 5) is 24.7. The Morgan fingerprint density at radius 1 is 1.21 bits per heavy atom. The van der Waals surface area contributed by atoms with Gasteiger partial charge in [0.05, 0.1) is 11.4 Å². The van der Waals surface area contributed by atoms with Crippen molar-refractivity contribution < 1.29 is 14.7 Å². The van der Waals surface area contributed by atoms with Gasteiger partial charge >= 0.3 is 6.03 Å². The number of aromatic hydroxyl groups is 1. The van der Waals surface area contributed by atoms with Gasteiger partial charge in [-0.2, -0.15) is 9.78 Å². The van der Waals surface area contributed by atoms with E-state index in [1.165, 1.54) is 10.7 Å². The van der Waals surface area contributed by atoms with E-state index < -0.39 is 0 Å². The van der Waals surface area contributed by atoms with Crippen molar-refractivity contribution in [2.24, 2.45) is 5.92 Å². The van der Waals surface area contributed by atoms with E-state index in [1.54, 1.807) is 12.1 Å². The lowest BCUT2D eigenvalue weighted by atomic mass is 10.0. The van der Waals surface area contributed by atoms with E-state index in [1.807, 2.05) is 26.8 Å². The molecule has 0 unspecified atom stereocenters. The molecular weight excluding hydrogens is 368 g/mol. The first-order valence-corrected chi connectivity index (χ1v) is 10.5. The Balaban J connectivity index is 1.83. The van der Waals surface area contributed by atoms with E-state index in [9.17, 15) is 14.7 Å². The van der Waals surface area contributed by atoms with Gasteiger partial charge in [0.1, 0.15) is 5.75 Å². The molecule has 7 heteroatoms. The molecule has 1 aromatic carbocycles. The molecule has 156 valence electrons. The van der Waals surface area contributed by atoms with Crippen LogP contribution >= 0.6 is 0 Å². The van der Waals surface area contributed by atoms with Crippen LogP contribution in [0.1, 0.15) is 64.5 Å². The summed E-state index contributed by atoms with van der Waals surface area (Å²) < 4.78 is 1.42. The molecule has 0 radical (unpaired) electrons. The predicted octanol–water partition coefficient (Wildman–Crippen LogP) is 4.48. The Morgan fingerprint density at radius 2 is 1.93 bits per heavy atom. The van der Waals surface area contributed by atoms with E-state index in [0.29, 0.717) is 29.4 Å². The highest BCUT2D eigenvalue weighted by Crippen LogP contribution is 2.42. The molecule has 0 aliphatic heterocycles. The number of carbonyl (C=O) groups is 2. The van der Waals surface area contributed by atoms with Crippen molar-refractivity contribution >= 4 is 17.6 Å². The van der Waals surface area contributed by atoms with E-state index in [2.05, 4.69) is 15.7 Å². The summed E-state index contributed by atoms with van der Waals surface area (Å²) in [5.74, 6) is 0.267. The fraction of sp³-hybridized carbons (Fsp3) is 0.500. The number of nitrogens with zero attached hydrogens (tertiary/aromatic N) is 2. The number of rotatable bonds is 8. The molecule has 1 aromatic heterocycles. The van der Waals surface area contributed by atoms with Crippen LogP contribution in [0.15, 0.2) is 24.3 Å². The van der Waals surface area contributed by atoms with Gasteiger partial charge < -0.3 is 15.7 Å². The number of hydrogen-bond donors (Lipinski definition) is 3. The van der Waals surface area contributed by atoms with Gasteiger partial charge in [0.25, 0.3) is 0 Å². The molecule has 1 fully saturated rings. The SMILES string of the molecule is CCCNC(=O)n1nc(-c2ccc(NC(=O)C(CC)CC)cc2O)cc1C1CC1. The third kappa shape index (κ3) is 4.78. The average molecular weight is 399 g/mol. The molecule has 2 aromatic rings. The first-order chi connectivity index (χ1) is 14.0. The molecule has 0 atom stereocenters. The fourth-order valence-electron chi connectivity index (χ4n) is 3.40. The maximum Gasteiger partial charge on any atom is 0.342 e. The summed E-state index contributed by atoms with van der Waals surface area (Å²) in [7, 11) is 0. The number of hydrogen-bond acceptors (Lipinski definition) is 4. The van der Waals surface area contributed by atoms with Crippen LogP contribution < -0.4 is 10.6 Å². The topological polar surface area (TPSA) is 96.3 Å². The largest absolute Gasteiger partial charge is 0.507 e. The number of carbonyl (C=O) groups excluding carboxylic acids is 2. The van der Waals surface area contributed by atoms with Crippen LogP contribution in [0.25, 0.3) is 11.3 Å². The second kappa shape index (κ2) is 9.11. The summed E-state index contributed by atoms with van der Waals surface area (Å²) in [6.07, 6.45) is 4.48. The first-order valence-electron chi connectivity index (χ1n) is 10.5. The first kappa shape index (κ1) is 20.9. The Kier molecular flexibility index (Phi) is 6.56. The molecule has 2 amide bonds. The number of aromatic nitrogens is 2. The number of nitrogens with one attached hydrogen (secondary N) is 2. The molecule has 0 saturated heterocycles. The molecule has 3 N–H and O–H groups in total. The number of phenolic OH excluding ortho intramolecular Hbond substituents is 1.